The number of nitrogens with one attached hydrogen (secondary N) is 1. The Bertz CT molecular complexity index is 1070. The molecule has 0 aliphatic carbocycles. The average molecular weight is 392 g/mol. The third-order valence-electron chi connectivity index (χ3n) is 4.70. The number of amides is 1. The fourth-order valence-electron chi connectivity index (χ4n) is 3.16. The fourth-order valence-corrected chi connectivity index (χ4v) is 3.16. The smallest absolute Gasteiger partial charge is 0.220 e. The van der Waals surface area contributed by atoms with E-state index in [9.17, 15) is 4.79 Å². The van der Waals surface area contributed by atoms with E-state index in [1.54, 1.807) is 10.7 Å². The van der Waals surface area contributed by atoms with Crippen molar-refractivity contribution < 1.29 is 9.53 Å². The predicted octanol–water partition coefficient (Wildman–Crippen LogP) is 2.65. The molecule has 3 heterocycles. The van der Waals surface area contributed by atoms with E-state index in [4.69, 9.17) is 10.00 Å². The molecule has 0 unspecified atom stereocenters. The molecule has 0 radical (unpaired) electrons. The molecule has 0 aliphatic heterocycles. The van der Waals surface area contributed by atoms with E-state index in [0.717, 1.165) is 28.9 Å². The van der Waals surface area contributed by atoms with E-state index in [0.29, 0.717) is 43.1 Å². The summed E-state index contributed by atoms with van der Waals surface area (Å²) in [7, 11) is 0. The van der Waals surface area contributed by atoms with Crippen LogP contribution in [0.3, 0.4) is 0 Å². The number of hydrogen-bond acceptors (Lipinski definition) is 6. The SMILES string of the molecule is CCCOc1ncccc1CNC(=O)CCc1c(C)nc2c(C#N)cnn2c1C. The maximum atomic E-state index is 12.4. The largest absolute Gasteiger partial charge is 0.477 e. The van der Waals surface area contributed by atoms with Gasteiger partial charge in [-0.25, -0.2) is 14.5 Å². The molecule has 3 aromatic rings. The Morgan fingerprint density at radius 3 is 2.97 bits per heavy atom. The highest BCUT2D eigenvalue weighted by Gasteiger charge is 2.15. The van der Waals surface area contributed by atoms with Gasteiger partial charge in [0.2, 0.25) is 11.8 Å². The zero-order chi connectivity index (χ0) is 20.8. The minimum atomic E-state index is -0.0626. The monoisotopic (exact) mass is 392 g/mol. The number of rotatable bonds is 8. The fraction of sp³-hybridized carbons (Fsp3) is 0.381. The first-order valence-electron chi connectivity index (χ1n) is 9.62. The van der Waals surface area contributed by atoms with Crippen LogP contribution in [0.5, 0.6) is 5.88 Å². The summed E-state index contributed by atoms with van der Waals surface area (Å²) < 4.78 is 7.29. The number of fused-ring (bicyclic) bond motifs is 1. The average Bonchev–Trinajstić information content (AvgIpc) is 3.14. The van der Waals surface area contributed by atoms with Gasteiger partial charge < -0.3 is 10.1 Å². The Kier molecular flexibility index (Phi) is 6.39. The lowest BCUT2D eigenvalue weighted by molar-refractivity contribution is -0.121. The molecule has 0 bridgehead atoms. The summed E-state index contributed by atoms with van der Waals surface area (Å²) in [5.41, 5.74) is 4.51. The van der Waals surface area contributed by atoms with Crippen molar-refractivity contribution in [2.24, 2.45) is 0 Å². The number of aryl methyl sites for hydroxylation is 2. The maximum Gasteiger partial charge on any atom is 0.220 e. The van der Waals surface area contributed by atoms with Gasteiger partial charge in [-0.1, -0.05) is 13.0 Å². The number of nitriles is 1. The van der Waals surface area contributed by atoms with E-state index in [1.165, 1.54) is 6.20 Å². The lowest BCUT2D eigenvalue weighted by Crippen LogP contribution is -2.24. The number of nitrogens with zero attached hydrogens (tertiary/aromatic N) is 5. The van der Waals surface area contributed by atoms with Gasteiger partial charge in [0.15, 0.2) is 5.65 Å². The van der Waals surface area contributed by atoms with E-state index < -0.39 is 0 Å². The lowest BCUT2D eigenvalue weighted by atomic mass is 10.1. The molecule has 0 fully saturated rings. The molecule has 1 amide bonds. The van der Waals surface area contributed by atoms with Crippen LogP contribution >= 0.6 is 0 Å². The Hall–Kier alpha value is -3.47. The molecule has 8 nitrogen and oxygen atoms in total. The van der Waals surface area contributed by atoms with Crippen molar-refractivity contribution in [3.05, 3.63) is 52.6 Å². The Morgan fingerprint density at radius 1 is 1.38 bits per heavy atom. The van der Waals surface area contributed by atoms with Crippen LogP contribution in [-0.2, 0) is 17.8 Å². The molecule has 0 saturated heterocycles. The minimum absolute atomic E-state index is 0.0626. The van der Waals surface area contributed by atoms with Crippen molar-refractivity contribution in [1.82, 2.24) is 24.9 Å². The number of pyridine rings is 1. The normalized spacial score (nSPS) is 10.7. The van der Waals surface area contributed by atoms with Crippen LogP contribution < -0.4 is 10.1 Å². The summed E-state index contributed by atoms with van der Waals surface area (Å²) >= 11 is 0. The highest BCUT2D eigenvalue weighted by Crippen LogP contribution is 2.18. The van der Waals surface area contributed by atoms with Gasteiger partial charge in [-0.2, -0.15) is 10.4 Å². The van der Waals surface area contributed by atoms with Crippen molar-refractivity contribution >= 4 is 11.6 Å². The van der Waals surface area contributed by atoms with Crippen molar-refractivity contribution in [3.8, 4) is 11.9 Å². The van der Waals surface area contributed by atoms with Crippen molar-refractivity contribution in [3.63, 3.8) is 0 Å². The van der Waals surface area contributed by atoms with Gasteiger partial charge in [0.25, 0.3) is 0 Å². The maximum absolute atomic E-state index is 12.4. The molecule has 3 rings (SSSR count). The predicted molar refractivity (Wildman–Crippen MR) is 107 cm³/mol. The van der Waals surface area contributed by atoms with Gasteiger partial charge in [-0.15, -0.1) is 0 Å². The number of ether oxygens (including phenoxy) is 1. The zero-order valence-corrected chi connectivity index (χ0v) is 16.9. The zero-order valence-electron chi connectivity index (χ0n) is 16.9. The molecule has 29 heavy (non-hydrogen) atoms. The molecule has 0 spiro atoms. The number of hydrogen-bond donors (Lipinski definition) is 1. The van der Waals surface area contributed by atoms with E-state index >= 15 is 0 Å². The number of aromatic nitrogens is 4. The minimum Gasteiger partial charge on any atom is -0.477 e. The molecule has 0 aliphatic rings. The van der Waals surface area contributed by atoms with Crippen LogP contribution in [0, 0.1) is 25.2 Å². The van der Waals surface area contributed by atoms with Crippen LogP contribution in [0.4, 0.5) is 0 Å². The molecule has 1 N–H and O–H groups in total. The van der Waals surface area contributed by atoms with Crippen LogP contribution in [0.1, 0.15) is 47.8 Å². The van der Waals surface area contributed by atoms with Gasteiger partial charge in [-0.05, 0) is 38.3 Å². The van der Waals surface area contributed by atoms with Crippen LogP contribution in [-0.4, -0.2) is 32.1 Å². The second kappa shape index (κ2) is 9.15. The molecular weight excluding hydrogens is 368 g/mol. The van der Waals surface area contributed by atoms with Crippen molar-refractivity contribution in [2.75, 3.05) is 6.61 Å². The second-order valence-corrected chi connectivity index (χ2v) is 6.76. The quantitative estimate of drug-likeness (QED) is 0.632. The lowest BCUT2D eigenvalue weighted by Gasteiger charge is -2.12. The molecule has 150 valence electrons. The van der Waals surface area contributed by atoms with Gasteiger partial charge in [-0.3, -0.25) is 4.79 Å². The summed E-state index contributed by atoms with van der Waals surface area (Å²) in [5, 5.41) is 16.3. The topological polar surface area (TPSA) is 105 Å². The highest BCUT2D eigenvalue weighted by molar-refractivity contribution is 5.76. The first-order chi connectivity index (χ1) is 14.0. The molecular formula is C21H24N6O2. The van der Waals surface area contributed by atoms with Crippen molar-refractivity contribution in [1.29, 1.82) is 5.26 Å². The Labute approximate surface area is 169 Å². The summed E-state index contributed by atoms with van der Waals surface area (Å²) in [4.78, 5) is 21.1. The van der Waals surface area contributed by atoms with Crippen LogP contribution in [0.15, 0.2) is 24.5 Å². The highest BCUT2D eigenvalue weighted by atomic mass is 16.5. The second-order valence-electron chi connectivity index (χ2n) is 6.76. The molecule has 0 aromatic carbocycles. The molecule has 3 aromatic heterocycles. The van der Waals surface area contributed by atoms with E-state index in [1.807, 2.05) is 32.9 Å². The standard InChI is InChI=1S/C21H24N6O2/c1-4-10-29-21-16(6-5-9-23-21)12-24-19(28)8-7-18-14(2)26-20-17(11-22)13-25-27(20)15(18)3/h5-6,9,13H,4,7-8,10,12H2,1-3H3,(H,24,28). The van der Waals surface area contributed by atoms with E-state index in [-0.39, 0.29) is 5.91 Å². The first-order valence-corrected chi connectivity index (χ1v) is 9.62. The third-order valence-corrected chi connectivity index (χ3v) is 4.70. The van der Waals surface area contributed by atoms with Crippen LogP contribution in [0.2, 0.25) is 0 Å². The van der Waals surface area contributed by atoms with Gasteiger partial charge >= 0.3 is 0 Å². The first kappa shape index (κ1) is 20.3. The van der Waals surface area contributed by atoms with Gasteiger partial charge in [0.1, 0.15) is 11.6 Å². The molecule has 0 atom stereocenters. The Morgan fingerprint density at radius 2 is 2.21 bits per heavy atom. The summed E-state index contributed by atoms with van der Waals surface area (Å²) in [6.45, 7) is 6.81. The van der Waals surface area contributed by atoms with Crippen molar-refractivity contribution in [2.45, 2.75) is 46.6 Å². The molecule has 8 heteroatoms. The summed E-state index contributed by atoms with van der Waals surface area (Å²) in [6.07, 6.45) is 4.95. The third kappa shape index (κ3) is 4.51. The molecule has 0 saturated carbocycles. The van der Waals surface area contributed by atoms with Gasteiger partial charge in [0, 0.05) is 36.1 Å². The number of carbonyl (C=O) groups excluding carboxylic acids is 1. The van der Waals surface area contributed by atoms with Crippen LogP contribution in [0.25, 0.3) is 5.65 Å². The Balaban J connectivity index is 1.64. The van der Waals surface area contributed by atoms with E-state index in [2.05, 4.69) is 26.5 Å². The van der Waals surface area contributed by atoms with Gasteiger partial charge in [0.05, 0.1) is 12.8 Å². The summed E-state index contributed by atoms with van der Waals surface area (Å²) in [5.74, 6) is 0.496. The number of carbonyl (C=O) groups is 1. The summed E-state index contributed by atoms with van der Waals surface area (Å²) in [6, 6.07) is 5.82.